The molecule has 2 aromatic rings. The predicted octanol–water partition coefficient (Wildman–Crippen LogP) is 2.88. The molecule has 1 aliphatic heterocycles. The molecule has 1 N–H and O–H groups in total. The van der Waals surface area contributed by atoms with Gasteiger partial charge in [0.05, 0.1) is 4.90 Å². The van der Waals surface area contributed by atoms with Crippen LogP contribution in [-0.4, -0.2) is 36.7 Å². The van der Waals surface area contributed by atoms with Crippen LogP contribution in [0.1, 0.15) is 12.8 Å². The molecule has 0 spiro atoms. The first-order valence-corrected chi connectivity index (χ1v) is 10.2. The number of carbonyl (C=O) groups excluding carboxylic acids is 1. The lowest BCUT2D eigenvalue weighted by Gasteiger charge is -2.30. The molecule has 2 heterocycles. The van der Waals surface area contributed by atoms with E-state index in [1.165, 1.54) is 4.31 Å². The zero-order valence-corrected chi connectivity index (χ0v) is 15.8. The molecule has 3 rings (SSSR count). The Hall–Kier alpha value is -1.77. The Bertz CT molecular complexity index is 833. The third-order valence-corrected chi connectivity index (χ3v) is 6.57. The van der Waals surface area contributed by atoms with Crippen molar-refractivity contribution in [3.63, 3.8) is 0 Å². The van der Waals surface area contributed by atoms with Crippen LogP contribution in [0.4, 0.5) is 5.82 Å². The Kier molecular flexibility index (Phi) is 5.51. The molecule has 0 atom stereocenters. The number of nitrogens with one attached hydrogen (secondary N) is 1. The quantitative estimate of drug-likeness (QED) is 0.819. The van der Waals surface area contributed by atoms with Crippen LogP contribution in [-0.2, 0) is 14.8 Å². The van der Waals surface area contributed by atoms with E-state index in [9.17, 15) is 13.2 Å². The zero-order valence-electron chi connectivity index (χ0n) is 13.4. The number of hydrogen-bond donors (Lipinski definition) is 1. The second-order valence-electron chi connectivity index (χ2n) is 5.84. The van der Waals surface area contributed by atoms with Crippen LogP contribution in [0.25, 0.3) is 0 Å². The van der Waals surface area contributed by atoms with Crippen LogP contribution in [0.2, 0.25) is 0 Å². The van der Waals surface area contributed by atoms with E-state index in [0.29, 0.717) is 31.7 Å². The maximum absolute atomic E-state index is 12.6. The number of sulfonamides is 1. The summed E-state index contributed by atoms with van der Waals surface area (Å²) in [6, 6.07) is 11.9. The van der Waals surface area contributed by atoms with Gasteiger partial charge in [0.2, 0.25) is 15.9 Å². The summed E-state index contributed by atoms with van der Waals surface area (Å²) in [4.78, 5) is 16.8. The van der Waals surface area contributed by atoms with Crippen molar-refractivity contribution < 1.29 is 13.2 Å². The van der Waals surface area contributed by atoms with Gasteiger partial charge in [0, 0.05) is 29.7 Å². The average molecular weight is 424 g/mol. The number of hydrogen-bond acceptors (Lipinski definition) is 4. The summed E-state index contributed by atoms with van der Waals surface area (Å²) < 4.78 is 27.5. The smallest absolute Gasteiger partial charge is 0.243 e. The van der Waals surface area contributed by atoms with E-state index >= 15 is 0 Å². The molecule has 0 saturated carbocycles. The lowest BCUT2D eigenvalue weighted by molar-refractivity contribution is -0.120. The predicted molar refractivity (Wildman–Crippen MR) is 98.5 cm³/mol. The fourth-order valence-electron chi connectivity index (χ4n) is 2.78. The Labute approximate surface area is 155 Å². The standard InChI is InChI=1S/C17H18BrN3O3S/c18-14-6-7-16(19-12-14)20-17(22)13-8-10-21(11-9-13)25(23,24)15-4-2-1-3-5-15/h1-7,12-13H,8-11H2,(H,19,20,22). The summed E-state index contributed by atoms with van der Waals surface area (Å²) in [5.74, 6) is 0.159. The largest absolute Gasteiger partial charge is 0.310 e. The Morgan fingerprint density at radius 1 is 1.12 bits per heavy atom. The van der Waals surface area contributed by atoms with E-state index in [4.69, 9.17) is 0 Å². The molecule has 6 nitrogen and oxygen atoms in total. The molecule has 132 valence electrons. The minimum absolute atomic E-state index is 0.119. The molecule has 0 aliphatic carbocycles. The highest BCUT2D eigenvalue weighted by Crippen LogP contribution is 2.24. The van der Waals surface area contributed by atoms with Crippen molar-refractivity contribution in [2.24, 2.45) is 5.92 Å². The number of piperidine rings is 1. The van der Waals surface area contributed by atoms with Crippen LogP contribution >= 0.6 is 15.9 Å². The van der Waals surface area contributed by atoms with Gasteiger partial charge in [-0.05, 0) is 53.0 Å². The second kappa shape index (κ2) is 7.63. The fraction of sp³-hybridized carbons (Fsp3) is 0.294. The maximum Gasteiger partial charge on any atom is 0.243 e. The summed E-state index contributed by atoms with van der Waals surface area (Å²) in [5, 5.41) is 2.79. The van der Waals surface area contributed by atoms with Crippen LogP contribution in [0, 0.1) is 5.92 Å². The van der Waals surface area contributed by atoms with Crippen molar-refractivity contribution in [1.82, 2.24) is 9.29 Å². The highest BCUT2D eigenvalue weighted by molar-refractivity contribution is 9.10. The summed E-state index contributed by atoms with van der Waals surface area (Å²) in [7, 11) is -3.49. The van der Waals surface area contributed by atoms with E-state index < -0.39 is 10.0 Å². The summed E-state index contributed by atoms with van der Waals surface area (Å²) in [6.45, 7) is 0.673. The van der Waals surface area contributed by atoms with Crippen molar-refractivity contribution in [2.45, 2.75) is 17.7 Å². The first-order valence-electron chi connectivity index (χ1n) is 7.94. The lowest BCUT2D eigenvalue weighted by atomic mass is 9.97. The van der Waals surface area contributed by atoms with Crippen molar-refractivity contribution in [3.8, 4) is 0 Å². The number of halogens is 1. The summed E-state index contributed by atoms with van der Waals surface area (Å²) >= 11 is 3.30. The number of nitrogens with zero attached hydrogens (tertiary/aromatic N) is 2. The van der Waals surface area contributed by atoms with Gasteiger partial charge in [-0.2, -0.15) is 4.31 Å². The van der Waals surface area contributed by atoms with Gasteiger partial charge in [0.1, 0.15) is 5.82 Å². The summed E-state index contributed by atoms with van der Waals surface area (Å²) in [5.41, 5.74) is 0. The lowest BCUT2D eigenvalue weighted by Crippen LogP contribution is -2.41. The number of anilines is 1. The van der Waals surface area contributed by atoms with Gasteiger partial charge in [-0.1, -0.05) is 18.2 Å². The Balaban J connectivity index is 1.60. The Morgan fingerprint density at radius 3 is 2.40 bits per heavy atom. The molecule has 1 amide bonds. The average Bonchev–Trinajstić information content (AvgIpc) is 2.64. The van der Waals surface area contributed by atoms with E-state index in [1.807, 2.05) is 0 Å². The number of aromatic nitrogens is 1. The molecule has 25 heavy (non-hydrogen) atoms. The van der Waals surface area contributed by atoms with E-state index in [-0.39, 0.29) is 16.7 Å². The van der Waals surface area contributed by atoms with Crippen LogP contribution in [0.5, 0.6) is 0 Å². The highest BCUT2D eigenvalue weighted by Gasteiger charge is 2.32. The first kappa shape index (κ1) is 18.0. The minimum Gasteiger partial charge on any atom is -0.310 e. The van der Waals surface area contributed by atoms with E-state index in [1.54, 1.807) is 48.7 Å². The third kappa shape index (κ3) is 4.26. The first-order chi connectivity index (χ1) is 12.0. The number of carbonyl (C=O) groups is 1. The number of benzene rings is 1. The van der Waals surface area contributed by atoms with Gasteiger partial charge in [0.15, 0.2) is 0 Å². The fourth-order valence-corrected chi connectivity index (χ4v) is 4.50. The SMILES string of the molecule is O=C(Nc1ccc(Br)cn1)C1CCN(S(=O)(=O)c2ccccc2)CC1. The molecule has 0 radical (unpaired) electrons. The van der Waals surface area contributed by atoms with Crippen molar-refractivity contribution in [3.05, 3.63) is 53.1 Å². The molecule has 1 aromatic carbocycles. The van der Waals surface area contributed by atoms with Crippen LogP contribution in [0.15, 0.2) is 58.0 Å². The van der Waals surface area contributed by atoms with Crippen molar-refractivity contribution in [1.29, 1.82) is 0 Å². The molecule has 1 aromatic heterocycles. The number of rotatable bonds is 4. The van der Waals surface area contributed by atoms with Crippen LogP contribution < -0.4 is 5.32 Å². The molecule has 1 saturated heterocycles. The van der Waals surface area contributed by atoms with E-state index in [0.717, 1.165) is 4.47 Å². The molecule has 1 fully saturated rings. The maximum atomic E-state index is 12.6. The number of pyridine rings is 1. The molecular formula is C17H18BrN3O3S. The minimum atomic E-state index is -3.49. The topological polar surface area (TPSA) is 79.4 Å². The van der Waals surface area contributed by atoms with Gasteiger partial charge >= 0.3 is 0 Å². The molecule has 8 heteroatoms. The molecular weight excluding hydrogens is 406 g/mol. The molecule has 0 unspecified atom stereocenters. The Morgan fingerprint density at radius 2 is 1.80 bits per heavy atom. The van der Waals surface area contributed by atoms with Gasteiger partial charge in [0.25, 0.3) is 0 Å². The van der Waals surface area contributed by atoms with Gasteiger partial charge in [-0.15, -0.1) is 0 Å². The van der Waals surface area contributed by atoms with Gasteiger partial charge in [-0.3, -0.25) is 4.79 Å². The van der Waals surface area contributed by atoms with Crippen molar-refractivity contribution >= 4 is 37.7 Å². The van der Waals surface area contributed by atoms with Gasteiger partial charge < -0.3 is 5.32 Å². The van der Waals surface area contributed by atoms with E-state index in [2.05, 4.69) is 26.2 Å². The zero-order chi connectivity index (χ0) is 17.9. The van der Waals surface area contributed by atoms with Gasteiger partial charge in [-0.25, -0.2) is 13.4 Å². The number of amides is 1. The molecule has 0 bridgehead atoms. The molecule has 1 aliphatic rings. The highest BCUT2D eigenvalue weighted by atomic mass is 79.9. The van der Waals surface area contributed by atoms with Crippen LogP contribution in [0.3, 0.4) is 0 Å². The third-order valence-electron chi connectivity index (χ3n) is 4.18. The van der Waals surface area contributed by atoms with Crippen molar-refractivity contribution in [2.75, 3.05) is 18.4 Å². The second-order valence-corrected chi connectivity index (χ2v) is 8.70. The normalized spacial score (nSPS) is 16.5. The monoisotopic (exact) mass is 423 g/mol. The summed E-state index contributed by atoms with van der Waals surface area (Å²) in [6.07, 6.45) is 2.60.